The Morgan fingerprint density at radius 1 is 1.31 bits per heavy atom. The zero-order chi connectivity index (χ0) is 19.1. The largest absolute Gasteiger partial charge is 0.416 e. The average Bonchev–Trinajstić information content (AvgIpc) is 2.92. The number of ether oxygens (including phenoxy) is 1. The number of alkyl halides is 3. The van der Waals surface area contributed by atoms with Crippen molar-refractivity contribution < 1.29 is 27.8 Å². The zero-order valence-electron chi connectivity index (χ0n) is 14.2. The summed E-state index contributed by atoms with van der Waals surface area (Å²) in [5, 5.41) is 16.8. The fraction of sp³-hybridized carbons (Fsp3) is 0.562. The number of carbonyl (C=O) groups is 1. The van der Waals surface area contributed by atoms with Gasteiger partial charge in [0.2, 0.25) is 5.91 Å². The third-order valence-electron chi connectivity index (χ3n) is 4.78. The molecule has 3 rings (SSSR count). The lowest BCUT2D eigenvalue weighted by Crippen LogP contribution is -2.64. The maximum atomic E-state index is 12.7. The van der Waals surface area contributed by atoms with Crippen LogP contribution in [0.2, 0.25) is 0 Å². The van der Waals surface area contributed by atoms with E-state index in [1.165, 1.54) is 19.2 Å². The van der Waals surface area contributed by atoms with Gasteiger partial charge in [0.05, 0.1) is 30.3 Å². The van der Waals surface area contributed by atoms with Gasteiger partial charge >= 0.3 is 6.18 Å². The summed E-state index contributed by atoms with van der Waals surface area (Å²) in [6, 6.07) is 4.20. The van der Waals surface area contributed by atoms with E-state index in [4.69, 9.17) is 4.74 Å². The second-order valence-electron chi connectivity index (χ2n) is 6.44. The molecule has 5 atom stereocenters. The molecule has 0 bridgehead atoms. The van der Waals surface area contributed by atoms with Crippen molar-refractivity contribution in [2.24, 2.45) is 5.92 Å². The third kappa shape index (κ3) is 3.55. The number of halogens is 3. The molecule has 2 aliphatic heterocycles. The minimum atomic E-state index is -4.39. The standard InChI is InChI=1S/C16H21F3N4O3/c1-8(9-3-5-10(6-4-9)16(17,18)19)23-13-12(11(22-23)7-26-2)14(24)21-15(25)20-13/h3-6,8,11-13,15,20,22,25H,7H2,1-2H3,(H,21,24)/t8-,11?,12?,13?,15?/m0/s1. The van der Waals surface area contributed by atoms with Crippen LogP contribution in [0.15, 0.2) is 24.3 Å². The molecule has 26 heavy (non-hydrogen) atoms. The van der Waals surface area contributed by atoms with E-state index in [0.717, 1.165) is 12.1 Å². The molecule has 1 aromatic carbocycles. The minimum Gasteiger partial charge on any atom is -0.383 e. The maximum Gasteiger partial charge on any atom is 0.416 e. The number of benzene rings is 1. The molecular formula is C16H21F3N4O3. The van der Waals surface area contributed by atoms with Gasteiger partial charge in [0.1, 0.15) is 0 Å². The molecule has 0 saturated carbocycles. The maximum absolute atomic E-state index is 12.7. The lowest BCUT2D eigenvalue weighted by Gasteiger charge is -2.37. The summed E-state index contributed by atoms with van der Waals surface area (Å²) in [5.41, 5.74) is 3.10. The Labute approximate surface area is 148 Å². The highest BCUT2D eigenvalue weighted by atomic mass is 19.4. The summed E-state index contributed by atoms with van der Waals surface area (Å²) in [6.07, 6.45) is -6.12. The lowest BCUT2D eigenvalue weighted by atomic mass is 9.96. The Hall–Kier alpha value is -1.72. The van der Waals surface area contributed by atoms with Crippen LogP contribution in [0.25, 0.3) is 0 Å². The number of nitrogens with one attached hydrogen (secondary N) is 3. The molecule has 2 fully saturated rings. The molecular weight excluding hydrogens is 353 g/mol. The predicted octanol–water partition coefficient (Wildman–Crippen LogP) is 0.539. The van der Waals surface area contributed by atoms with Gasteiger partial charge in [-0.25, -0.2) is 10.4 Å². The number of methoxy groups -OCH3 is 1. The fourth-order valence-electron chi connectivity index (χ4n) is 3.47. The Bertz CT molecular complexity index is 655. The third-order valence-corrected chi connectivity index (χ3v) is 4.78. The first kappa shape index (κ1) is 19.1. The molecule has 0 spiro atoms. The molecule has 0 aliphatic carbocycles. The first-order valence-corrected chi connectivity index (χ1v) is 8.17. The van der Waals surface area contributed by atoms with Gasteiger partial charge in [-0.05, 0) is 24.6 Å². The second-order valence-corrected chi connectivity index (χ2v) is 6.44. The van der Waals surface area contributed by atoms with Crippen LogP contribution in [-0.2, 0) is 15.7 Å². The van der Waals surface area contributed by atoms with E-state index >= 15 is 0 Å². The first-order valence-electron chi connectivity index (χ1n) is 8.17. The number of carbonyl (C=O) groups excluding carboxylic acids is 1. The fourth-order valence-corrected chi connectivity index (χ4v) is 3.47. The molecule has 10 heteroatoms. The topological polar surface area (TPSA) is 85.9 Å². The summed E-state index contributed by atoms with van der Waals surface area (Å²) in [7, 11) is 1.52. The number of rotatable bonds is 4. The van der Waals surface area contributed by atoms with Gasteiger partial charge in [-0.15, -0.1) is 0 Å². The SMILES string of the molecule is COCC1NN([C@@H](C)c2ccc(C(F)(F)F)cc2)C2NC(O)NC(=O)C12. The van der Waals surface area contributed by atoms with Crippen LogP contribution in [0.1, 0.15) is 24.1 Å². The number of hydrazine groups is 1. The van der Waals surface area contributed by atoms with Crippen LogP contribution in [0.4, 0.5) is 13.2 Å². The normalized spacial score (nSPS) is 30.8. The first-order chi connectivity index (χ1) is 12.2. The summed E-state index contributed by atoms with van der Waals surface area (Å²) in [6.45, 7) is 2.07. The van der Waals surface area contributed by atoms with E-state index in [-0.39, 0.29) is 24.6 Å². The average molecular weight is 374 g/mol. The highest BCUT2D eigenvalue weighted by molar-refractivity contribution is 5.81. The number of hydrogen-bond acceptors (Lipinski definition) is 6. The lowest BCUT2D eigenvalue weighted by molar-refractivity contribution is -0.138. The minimum absolute atomic E-state index is 0.266. The van der Waals surface area contributed by atoms with Crippen LogP contribution in [-0.4, -0.2) is 48.3 Å². The van der Waals surface area contributed by atoms with Crippen molar-refractivity contribution in [2.75, 3.05) is 13.7 Å². The van der Waals surface area contributed by atoms with Crippen LogP contribution < -0.4 is 16.1 Å². The Balaban J connectivity index is 1.83. The summed E-state index contributed by atoms with van der Waals surface area (Å²) in [5.74, 6) is -0.840. The van der Waals surface area contributed by atoms with Crippen LogP contribution in [0, 0.1) is 5.92 Å². The molecule has 4 unspecified atom stereocenters. The van der Waals surface area contributed by atoms with Crippen LogP contribution >= 0.6 is 0 Å². The molecule has 144 valence electrons. The van der Waals surface area contributed by atoms with Crippen LogP contribution in [0.3, 0.4) is 0 Å². The second kappa shape index (κ2) is 7.12. The zero-order valence-corrected chi connectivity index (χ0v) is 14.2. The molecule has 2 heterocycles. The van der Waals surface area contributed by atoms with E-state index < -0.39 is 30.2 Å². The van der Waals surface area contributed by atoms with Crippen molar-refractivity contribution in [2.45, 2.75) is 37.7 Å². The number of amides is 1. The number of fused-ring (bicyclic) bond motifs is 1. The Morgan fingerprint density at radius 2 is 1.96 bits per heavy atom. The van der Waals surface area contributed by atoms with E-state index in [2.05, 4.69) is 16.1 Å². The van der Waals surface area contributed by atoms with Gasteiger partial charge in [0, 0.05) is 13.2 Å². The summed E-state index contributed by atoms with van der Waals surface area (Å²) in [4.78, 5) is 12.3. The Kier molecular flexibility index (Phi) is 5.22. The molecule has 0 aromatic heterocycles. The summed E-state index contributed by atoms with van der Waals surface area (Å²) >= 11 is 0. The van der Waals surface area contributed by atoms with E-state index in [1.54, 1.807) is 5.01 Å². The Morgan fingerprint density at radius 3 is 2.54 bits per heavy atom. The van der Waals surface area contributed by atoms with Crippen molar-refractivity contribution in [1.29, 1.82) is 0 Å². The molecule has 7 nitrogen and oxygen atoms in total. The monoisotopic (exact) mass is 374 g/mol. The quantitative estimate of drug-likeness (QED) is 0.616. The number of aliphatic hydroxyl groups excluding tert-OH is 1. The van der Waals surface area contributed by atoms with Gasteiger partial charge < -0.3 is 15.2 Å². The smallest absolute Gasteiger partial charge is 0.383 e. The van der Waals surface area contributed by atoms with Gasteiger partial charge in [-0.3, -0.25) is 10.1 Å². The molecule has 2 aliphatic rings. The number of hydrogen-bond donors (Lipinski definition) is 4. The molecule has 1 aromatic rings. The van der Waals surface area contributed by atoms with E-state index in [0.29, 0.717) is 5.56 Å². The van der Waals surface area contributed by atoms with E-state index in [9.17, 15) is 23.1 Å². The van der Waals surface area contributed by atoms with Crippen molar-refractivity contribution in [1.82, 2.24) is 21.1 Å². The molecule has 1 amide bonds. The van der Waals surface area contributed by atoms with Crippen molar-refractivity contribution >= 4 is 5.91 Å². The van der Waals surface area contributed by atoms with Crippen LogP contribution in [0.5, 0.6) is 0 Å². The number of nitrogens with zero attached hydrogens (tertiary/aromatic N) is 1. The number of aliphatic hydroxyl groups is 1. The van der Waals surface area contributed by atoms with E-state index in [1.807, 2.05) is 6.92 Å². The van der Waals surface area contributed by atoms with Crippen molar-refractivity contribution in [3.05, 3.63) is 35.4 Å². The van der Waals surface area contributed by atoms with Crippen molar-refractivity contribution in [3.8, 4) is 0 Å². The highest BCUT2D eigenvalue weighted by Crippen LogP contribution is 2.34. The summed E-state index contributed by atoms with van der Waals surface area (Å²) < 4.78 is 43.4. The molecule has 4 N–H and O–H groups in total. The van der Waals surface area contributed by atoms with Gasteiger partial charge in [0.15, 0.2) is 6.35 Å². The predicted molar refractivity (Wildman–Crippen MR) is 85.1 cm³/mol. The highest BCUT2D eigenvalue weighted by Gasteiger charge is 2.50. The van der Waals surface area contributed by atoms with Gasteiger partial charge in [-0.1, -0.05) is 12.1 Å². The van der Waals surface area contributed by atoms with Crippen molar-refractivity contribution in [3.63, 3.8) is 0 Å². The molecule has 0 radical (unpaired) electrons. The molecule has 2 saturated heterocycles. The van der Waals surface area contributed by atoms with Gasteiger partial charge in [-0.2, -0.15) is 13.2 Å². The van der Waals surface area contributed by atoms with Gasteiger partial charge in [0.25, 0.3) is 0 Å².